The molecule has 0 saturated carbocycles. The van der Waals surface area contributed by atoms with Crippen LogP contribution in [0.1, 0.15) is 42.6 Å². The molecular formula is C21H27ClN2O5S. The third kappa shape index (κ3) is 6.81. The van der Waals surface area contributed by atoms with E-state index >= 15 is 0 Å². The predicted octanol–water partition coefficient (Wildman–Crippen LogP) is 4.85. The predicted molar refractivity (Wildman–Crippen MR) is 121 cm³/mol. The Labute approximate surface area is 182 Å². The minimum absolute atomic E-state index is 0.283. The molecule has 7 nitrogen and oxygen atoms in total. The molecular weight excluding hydrogens is 428 g/mol. The number of carbonyl (C=O) groups excluding carboxylic acids is 1. The first-order chi connectivity index (χ1) is 14.1. The zero-order chi connectivity index (χ0) is 22.3. The fourth-order valence-electron chi connectivity index (χ4n) is 2.63. The molecule has 0 radical (unpaired) electrons. The largest absolute Gasteiger partial charge is 0.490 e. The normalized spacial score (nSPS) is 11.1. The van der Waals surface area contributed by atoms with Gasteiger partial charge in [0.2, 0.25) is 10.0 Å². The van der Waals surface area contributed by atoms with Gasteiger partial charge in [-0.1, -0.05) is 31.0 Å². The molecule has 0 aliphatic heterocycles. The molecule has 0 fully saturated rings. The van der Waals surface area contributed by atoms with Crippen molar-refractivity contribution in [1.29, 1.82) is 0 Å². The zero-order valence-electron chi connectivity index (χ0n) is 17.5. The van der Waals surface area contributed by atoms with Gasteiger partial charge in [0.15, 0.2) is 11.5 Å². The average molecular weight is 455 g/mol. The van der Waals surface area contributed by atoms with Crippen LogP contribution >= 0.6 is 11.6 Å². The van der Waals surface area contributed by atoms with Crippen molar-refractivity contribution >= 4 is 38.9 Å². The van der Waals surface area contributed by atoms with Crippen molar-refractivity contribution in [3.8, 4) is 11.5 Å². The Balaban J connectivity index is 2.27. The molecule has 0 aliphatic rings. The summed E-state index contributed by atoms with van der Waals surface area (Å²) >= 11 is 6.35. The summed E-state index contributed by atoms with van der Waals surface area (Å²) in [7, 11) is -3.44. The maximum absolute atomic E-state index is 12.8. The van der Waals surface area contributed by atoms with Crippen molar-refractivity contribution < 1.29 is 22.7 Å². The molecule has 1 amide bonds. The molecule has 2 aromatic rings. The third-order valence-corrected chi connectivity index (χ3v) is 4.98. The van der Waals surface area contributed by atoms with Gasteiger partial charge in [0, 0.05) is 11.3 Å². The number of carbonyl (C=O) groups is 1. The van der Waals surface area contributed by atoms with E-state index in [9.17, 15) is 13.2 Å². The van der Waals surface area contributed by atoms with Crippen LogP contribution in [0.2, 0.25) is 5.02 Å². The summed E-state index contributed by atoms with van der Waals surface area (Å²) in [5.74, 6) is 0.403. The number of ether oxygens (including phenoxy) is 2. The Kier molecular flexibility index (Phi) is 8.37. The van der Waals surface area contributed by atoms with E-state index in [2.05, 4.69) is 17.0 Å². The number of hydrogen-bond donors (Lipinski definition) is 2. The SMILES string of the molecule is CCCCOc1c(Cl)cc(C(=O)Nc2ccc(C)c(NS(C)(=O)=O)c2)cc1OCC. The molecule has 2 N–H and O–H groups in total. The smallest absolute Gasteiger partial charge is 0.255 e. The van der Waals surface area contributed by atoms with Crippen molar-refractivity contribution in [3.63, 3.8) is 0 Å². The maximum atomic E-state index is 12.8. The summed E-state index contributed by atoms with van der Waals surface area (Å²) in [6, 6.07) is 8.06. The van der Waals surface area contributed by atoms with E-state index in [1.165, 1.54) is 6.07 Å². The molecule has 0 heterocycles. The molecule has 0 bridgehead atoms. The lowest BCUT2D eigenvalue weighted by molar-refractivity contribution is 0.102. The second-order valence-corrected chi connectivity index (χ2v) is 8.93. The lowest BCUT2D eigenvalue weighted by atomic mass is 10.1. The lowest BCUT2D eigenvalue weighted by Crippen LogP contribution is -2.14. The van der Waals surface area contributed by atoms with Crippen molar-refractivity contribution in [3.05, 3.63) is 46.5 Å². The van der Waals surface area contributed by atoms with Gasteiger partial charge in [-0.15, -0.1) is 0 Å². The van der Waals surface area contributed by atoms with Gasteiger partial charge in [0.25, 0.3) is 5.91 Å². The van der Waals surface area contributed by atoms with E-state index in [1.807, 2.05) is 6.92 Å². The number of benzene rings is 2. The van der Waals surface area contributed by atoms with Crippen LogP contribution in [0.15, 0.2) is 30.3 Å². The fraction of sp³-hybridized carbons (Fsp3) is 0.381. The third-order valence-electron chi connectivity index (χ3n) is 4.11. The number of hydrogen-bond acceptors (Lipinski definition) is 5. The minimum atomic E-state index is -3.44. The van der Waals surface area contributed by atoms with Crippen LogP contribution in [0.5, 0.6) is 11.5 Å². The first-order valence-corrected chi connectivity index (χ1v) is 11.9. The first kappa shape index (κ1) is 23.8. The highest BCUT2D eigenvalue weighted by Gasteiger charge is 2.17. The number of unbranched alkanes of at least 4 members (excludes halogenated alkanes) is 1. The number of aryl methyl sites for hydroxylation is 1. The molecule has 0 atom stereocenters. The van der Waals surface area contributed by atoms with Crippen LogP contribution < -0.4 is 19.5 Å². The van der Waals surface area contributed by atoms with Gasteiger partial charge in [-0.3, -0.25) is 9.52 Å². The summed E-state index contributed by atoms with van der Waals surface area (Å²) in [4.78, 5) is 12.8. The van der Waals surface area contributed by atoms with Crippen molar-refractivity contribution in [2.45, 2.75) is 33.6 Å². The average Bonchev–Trinajstić information content (AvgIpc) is 2.65. The van der Waals surface area contributed by atoms with Gasteiger partial charge < -0.3 is 14.8 Å². The lowest BCUT2D eigenvalue weighted by Gasteiger charge is -2.15. The quantitative estimate of drug-likeness (QED) is 0.500. The van der Waals surface area contributed by atoms with Gasteiger partial charge in [-0.05, 0) is 50.1 Å². The highest BCUT2D eigenvalue weighted by atomic mass is 35.5. The van der Waals surface area contributed by atoms with Crippen LogP contribution in [0.25, 0.3) is 0 Å². The molecule has 2 rings (SSSR count). The second-order valence-electron chi connectivity index (χ2n) is 6.78. The summed E-state index contributed by atoms with van der Waals surface area (Å²) in [5.41, 5.74) is 1.86. The summed E-state index contributed by atoms with van der Waals surface area (Å²) in [6.07, 6.45) is 2.93. The fourth-order valence-corrected chi connectivity index (χ4v) is 3.52. The topological polar surface area (TPSA) is 93.7 Å². The van der Waals surface area contributed by atoms with Gasteiger partial charge in [-0.2, -0.15) is 0 Å². The van der Waals surface area contributed by atoms with E-state index in [-0.39, 0.29) is 5.02 Å². The number of rotatable bonds is 10. The highest BCUT2D eigenvalue weighted by Crippen LogP contribution is 2.37. The van der Waals surface area contributed by atoms with Crippen molar-refractivity contribution in [2.75, 3.05) is 29.5 Å². The standard InChI is InChI=1S/C21H27ClN2O5S/c1-5-7-10-29-20-17(22)11-15(12-19(20)28-6-2)21(25)23-16-9-8-14(3)18(13-16)24-30(4,26)27/h8-9,11-13,24H,5-7,10H2,1-4H3,(H,23,25). The van der Waals surface area contributed by atoms with Gasteiger partial charge in [0.1, 0.15) is 0 Å². The van der Waals surface area contributed by atoms with E-state index in [0.717, 1.165) is 24.7 Å². The summed E-state index contributed by atoms with van der Waals surface area (Å²) in [5, 5.41) is 3.03. The molecule has 164 valence electrons. The Morgan fingerprint density at radius 1 is 1.13 bits per heavy atom. The number of sulfonamides is 1. The van der Waals surface area contributed by atoms with Crippen LogP contribution in [0.4, 0.5) is 11.4 Å². The zero-order valence-corrected chi connectivity index (χ0v) is 19.1. The molecule has 0 aromatic heterocycles. The van der Waals surface area contributed by atoms with Crippen molar-refractivity contribution in [2.24, 2.45) is 0 Å². The number of halogens is 1. The minimum Gasteiger partial charge on any atom is -0.490 e. The number of anilines is 2. The van der Waals surface area contributed by atoms with Crippen LogP contribution in [0.3, 0.4) is 0 Å². The Bertz CT molecular complexity index is 1010. The van der Waals surface area contributed by atoms with Crippen molar-refractivity contribution in [1.82, 2.24) is 0 Å². The van der Waals surface area contributed by atoms with Gasteiger partial charge in [0.05, 0.1) is 30.2 Å². The second kappa shape index (κ2) is 10.5. The highest BCUT2D eigenvalue weighted by molar-refractivity contribution is 7.92. The van der Waals surface area contributed by atoms with E-state index < -0.39 is 15.9 Å². The van der Waals surface area contributed by atoms with Crippen LogP contribution in [-0.4, -0.2) is 33.8 Å². The molecule has 0 saturated heterocycles. The summed E-state index contributed by atoms with van der Waals surface area (Å²) < 4.78 is 36.8. The number of amides is 1. The van der Waals surface area contributed by atoms with Gasteiger partial charge in [-0.25, -0.2) is 8.42 Å². The monoisotopic (exact) mass is 454 g/mol. The molecule has 30 heavy (non-hydrogen) atoms. The van der Waals surface area contributed by atoms with E-state index in [0.29, 0.717) is 41.7 Å². The van der Waals surface area contributed by atoms with Crippen LogP contribution in [-0.2, 0) is 10.0 Å². The van der Waals surface area contributed by atoms with E-state index in [4.69, 9.17) is 21.1 Å². The Morgan fingerprint density at radius 3 is 2.50 bits per heavy atom. The Hall–Kier alpha value is -2.45. The maximum Gasteiger partial charge on any atom is 0.255 e. The molecule has 2 aromatic carbocycles. The molecule has 9 heteroatoms. The molecule has 0 aliphatic carbocycles. The molecule has 0 unspecified atom stereocenters. The van der Waals surface area contributed by atoms with E-state index in [1.54, 1.807) is 31.2 Å². The summed E-state index contributed by atoms with van der Waals surface area (Å²) in [6.45, 7) is 6.55. The van der Waals surface area contributed by atoms with Gasteiger partial charge >= 0.3 is 0 Å². The Morgan fingerprint density at radius 2 is 1.87 bits per heavy atom. The van der Waals surface area contributed by atoms with Crippen LogP contribution in [0, 0.1) is 6.92 Å². The molecule has 0 spiro atoms. The number of nitrogens with one attached hydrogen (secondary N) is 2. The first-order valence-electron chi connectivity index (χ1n) is 9.63.